The van der Waals surface area contributed by atoms with Crippen LogP contribution >= 0.6 is 0 Å². The molecule has 0 saturated heterocycles. The molecule has 0 radical (unpaired) electrons. The van der Waals surface area contributed by atoms with E-state index in [1.807, 2.05) is 0 Å². The number of hydrogen-bond acceptors (Lipinski definition) is 2. The van der Waals surface area contributed by atoms with Crippen molar-refractivity contribution in [1.29, 1.82) is 0 Å². The van der Waals surface area contributed by atoms with Gasteiger partial charge >= 0.3 is 6.18 Å². The van der Waals surface area contributed by atoms with E-state index in [-0.39, 0.29) is 18.0 Å². The first kappa shape index (κ1) is 12.5. The summed E-state index contributed by atoms with van der Waals surface area (Å²) in [6.07, 6.45) is -4.33. The minimum Gasteiger partial charge on any atom is -0.496 e. The molecule has 1 rings (SSSR count). The molecule has 0 amide bonds. The normalized spacial score (nSPS) is 11.3. The fourth-order valence-electron chi connectivity index (χ4n) is 1.34. The maximum Gasteiger partial charge on any atom is 0.416 e. The van der Waals surface area contributed by atoms with Gasteiger partial charge in [-0.25, -0.2) is 0 Å². The van der Waals surface area contributed by atoms with Crippen LogP contribution in [0.25, 0.3) is 0 Å². The molecular weight excluding hydrogens is 221 g/mol. The number of hydrogen-bond donors (Lipinski definition) is 0. The standard InChI is InChI=1S/C11H11F3O2/c1-7(15)5-8-3-4-9(11(12,13)14)6-10(8)16-2/h3-4,6H,5H2,1-2H3. The number of alkyl halides is 3. The molecule has 16 heavy (non-hydrogen) atoms. The van der Waals surface area contributed by atoms with Crippen molar-refractivity contribution >= 4 is 5.78 Å². The zero-order chi connectivity index (χ0) is 12.3. The Hall–Kier alpha value is -1.52. The number of ketones is 1. The average molecular weight is 232 g/mol. The van der Waals surface area contributed by atoms with Gasteiger partial charge in [-0.15, -0.1) is 0 Å². The summed E-state index contributed by atoms with van der Waals surface area (Å²) in [5.41, 5.74) is -0.320. The van der Waals surface area contributed by atoms with Crippen LogP contribution in [0.1, 0.15) is 18.1 Å². The molecule has 0 atom stereocenters. The summed E-state index contributed by atoms with van der Waals surface area (Å²) in [6, 6.07) is 3.11. The number of ether oxygens (including phenoxy) is 1. The van der Waals surface area contributed by atoms with E-state index < -0.39 is 11.7 Å². The number of carbonyl (C=O) groups is 1. The highest BCUT2D eigenvalue weighted by atomic mass is 19.4. The number of benzene rings is 1. The third-order valence-corrected chi connectivity index (χ3v) is 2.05. The average Bonchev–Trinajstić information content (AvgIpc) is 2.15. The monoisotopic (exact) mass is 232 g/mol. The first-order chi connectivity index (χ1) is 7.34. The molecule has 0 N–H and O–H groups in total. The van der Waals surface area contributed by atoms with Gasteiger partial charge < -0.3 is 4.74 Å². The first-order valence-corrected chi connectivity index (χ1v) is 4.58. The van der Waals surface area contributed by atoms with Crippen molar-refractivity contribution in [3.8, 4) is 5.75 Å². The number of rotatable bonds is 3. The van der Waals surface area contributed by atoms with Crippen LogP contribution in [0.2, 0.25) is 0 Å². The summed E-state index contributed by atoms with van der Waals surface area (Å²) in [5, 5.41) is 0. The molecule has 0 aliphatic rings. The lowest BCUT2D eigenvalue weighted by atomic mass is 10.1. The Balaban J connectivity index is 3.11. The third-order valence-electron chi connectivity index (χ3n) is 2.05. The number of carbonyl (C=O) groups excluding carboxylic acids is 1. The van der Waals surface area contributed by atoms with Crippen LogP contribution in [-0.4, -0.2) is 12.9 Å². The highest BCUT2D eigenvalue weighted by molar-refractivity contribution is 5.79. The molecule has 0 aliphatic carbocycles. The molecule has 0 aliphatic heterocycles. The molecule has 1 aromatic carbocycles. The largest absolute Gasteiger partial charge is 0.496 e. The lowest BCUT2D eigenvalue weighted by molar-refractivity contribution is -0.137. The second-order valence-electron chi connectivity index (χ2n) is 3.40. The summed E-state index contributed by atoms with van der Waals surface area (Å²) < 4.78 is 42.0. The molecular formula is C11H11F3O2. The summed E-state index contributed by atoms with van der Waals surface area (Å²) in [7, 11) is 1.28. The molecule has 0 heterocycles. The Morgan fingerprint density at radius 3 is 2.44 bits per heavy atom. The Morgan fingerprint density at radius 1 is 1.38 bits per heavy atom. The van der Waals surface area contributed by atoms with E-state index in [9.17, 15) is 18.0 Å². The smallest absolute Gasteiger partial charge is 0.416 e. The topological polar surface area (TPSA) is 26.3 Å². The molecule has 0 saturated carbocycles. The van der Waals surface area contributed by atoms with Crippen LogP contribution < -0.4 is 4.74 Å². The lowest BCUT2D eigenvalue weighted by Gasteiger charge is -2.11. The number of halogens is 3. The van der Waals surface area contributed by atoms with Gasteiger partial charge in [-0.05, 0) is 19.1 Å². The minimum atomic E-state index is -4.40. The van der Waals surface area contributed by atoms with Gasteiger partial charge in [0.1, 0.15) is 11.5 Å². The molecule has 1 aromatic rings. The summed E-state index contributed by atoms with van der Waals surface area (Å²) >= 11 is 0. The van der Waals surface area contributed by atoms with Crippen LogP contribution in [0.4, 0.5) is 13.2 Å². The van der Waals surface area contributed by atoms with E-state index in [0.717, 1.165) is 12.1 Å². The highest BCUT2D eigenvalue weighted by Gasteiger charge is 2.31. The van der Waals surface area contributed by atoms with Gasteiger partial charge in [0.25, 0.3) is 0 Å². The maximum atomic E-state index is 12.4. The summed E-state index contributed by atoms with van der Waals surface area (Å²) in [5.74, 6) is -0.0388. The van der Waals surface area contributed by atoms with E-state index >= 15 is 0 Å². The van der Waals surface area contributed by atoms with Gasteiger partial charge in [-0.3, -0.25) is 4.79 Å². The number of Topliss-reactive ketones (excluding diaryl/α,β-unsaturated/α-hetero) is 1. The SMILES string of the molecule is COc1cc(C(F)(F)F)ccc1CC(C)=O. The highest BCUT2D eigenvalue weighted by Crippen LogP contribution is 2.33. The van der Waals surface area contributed by atoms with E-state index in [2.05, 4.69) is 0 Å². The predicted octanol–water partition coefficient (Wildman–Crippen LogP) is 2.85. The fraction of sp³-hybridized carbons (Fsp3) is 0.364. The van der Waals surface area contributed by atoms with Crippen LogP contribution in [-0.2, 0) is 17.4 Å². The third kappa shape index (κ3) is 2.98. The fourth-order valence-corrected chi connectivity index (χ4v) is 1.34. The van der Waals surface area contributed by atoms with E-state index in [4.69, 9.17) is 4.74 Å². The van der Waals surface area contributed by atoms with Crippen molar-refractivity contribution in [2.24, 2.45) is 0 Å². The number of methoxy groups -OCH3 is 1. The Bertz CT molecular complexity index is 397. The van der Waals surface area contributed by atoms with Crippen LogP contribution in [0.3, 0.4) is 0 Å². The van der Waals surface area contributed by atoms with Crippen LogP contribution in [0.5, 0.6) is 5.75 Å². The lowest BCUT2D eigenvalue weighted by Crippen LogP contribution is -2.07. The van der Waals surface area contributed by atoms with Gasteiger partial charge in [0.2, 0.25) is 0 Å². The molecule has 0 unspecified atom stereocenters. The van der Waals surface area contributed by atoms with Crippen molar-refractivity contribution in [2.45, 2.75) is 19.5 Å². The second-order valence-corrected chi connectivity index (χ2v) is 3.40. The Kier molecular flexibility index (Phi) is 3.57. The van der Waals surface area contributed by atoms with Crippen LogP contribution in [0, 0.1) is 0 Å². The first-order valence-electron chi connectivity index (χ1n) is 4.58. The van der Waals surface area contributed by atoms with E-state index in [0.29, 0.717) is 5.56 Å². The molecule has 5 heteroatoms. The van der Waals surface area contributed by atoms with Crippen molar-refractivity contribution < 1.29 is 22.7 Å². The zero-order valence-electron chi connectivity index (χ0n) is 8.89. The predicted molar refractivity (Wildman–Crippen MR) is 52.4 cm³/mol. The molecule has 0 fully saturated rings. The Morgan fingerprint density at radius 2 is 2.00 bits per heavy atom. The van der Waals surface area contributed by atoms with E-state index in [1.165, 1.54) is 20.1 Å². The van der Waals surface area contributed by atoms with E-state index in [1.54, 1.807) is 0 Å². The van der Waals surface area contributed by atoms with Gasteiger partial charge in [0, 0.05) is 12.0 Å². The van der Waals surface area contributed by atoms with Crippen molar-refractivity contribution in [2.75, 3.05) is 7.11 Å². The second kappa shape index (κ2) is 4.55. The molecule has 88 valence electrons. The quantitative estimate of drug-likeness (QED) is 0.801. The van der Waals surface area contributed by atoms with Gasteiger partial charge in [0.05, 0.1) is 12.7 Å². The summed E-state index contributed by atoms with van der Waals surface area (Å²) in [6.45, 7) is 1.37. The van der Waals surface area contributed by atoms with Gasteiger partial charge in [-0.1, -0.05) is 6.07 Å². The zero-order valence-corrected chi connectivity index (χ0v) is 8.89. The van der Waals surface area contributed by atoms with Crippen molar-refractivity contribution in [3.05, 3.63) is 29.3 Å². The summed E-state index contributed by atoms with van der Waals surface area (Å²) in [4.78, 5) is 10.9. The van der Waals surface area contributed by atoms with Gasteiger partial charge in [0.15, 0.2) is 0 Å². The van der Waals surface area contributed by atoms with Gasteiger partial charge in [-0.2, -0.15) is 13.2 Å². The maximum absolute atomic E-state index is 12.4. The van der Waals surface area contributed by atoms with Crippen molar-refractivity contribution in [3.63, 3.8) is 0 Å². The Labute approximate surface area is 91.0 Å². The minimum absolute atomic E-state index is 0.0707. The van der Waals surface area contributed by atoms with Crippen molar-refractivity contribution in [1.82, 2.24) is 0 Å². The van der Waals surface area contributed by atoms with Crippen LogP contribution in [0.15, 0.2) is 18.2 Å². The molecule has 0 spiro atoms. The molecule has 0 aromatic heterocycles. The molecule has 2 nitrogen and oxygen atoms in total. The molecule has 0 bridgehead atoms.